The first-order valence-corrected chi connectivity index (χ1v) is 10.4. The van der Waals surface area contributed by atoms with E-state index in [-0.39, 0.29) is 6.10 Å². The molecule has 29 heavy (non-hydrogen) atoms. The van der Waals surface area contributed by atoms with Gasteiger partial charge in [-0.25, -0.2) is 0 Å². The Morgan fingerprint density at radius 3 is 2.72 bits per heavy atom. The molecule has 0 amide bonds. The predicted molar refractivity (Wildman–Crippen MR) is 112 cm³/mol. The number of nitrogens with zero attached hydrogens (tertiary/aromatic N) is 4. The second kappa shape index (κ2) is 7.77. The van der Waals surface area contributed by atoms with Crippen molar-refractivity contribution < 1.29 is 9.26 Å². The van der Waals surface area contributed by atoms with Gasteiger partial charge in [0, 0.05) is 42.5 Å². The predicted octanol–water partition coefficient (Wildman–Crippen LogP) is 4.43. The van der Waals surface area contributed by atoms with Crippen molar-refractivity contribution in [2.75, 3.05) is 13.1 Å². The normalized spacial score (nSPS) is 14.7. The summed E-state index contributed by atoms with van der Waals surface area (Å²) in [7, 11) is 0. The molecule has 4 heterocycles. The van der Waals surface area contributed by atoms with Crippen molar-refractivity contribution in [2.45, 2.75) is 19.6 Å². The van der Waals surface area contributed by atoms with Crippen molar-refractivity contribution in [3.05, 3.63) is 70.7 Å². The molecule has 0 N–H and O–H groups in total. The molecule has 0 aliphatic carbocycles. The largest absolute Gasteiger partial charge is 0.488 e. The Hall–Kier alpha value is -3.03. The molecule has 7 heteroatoms. The molecule has 0 atom stereocenters. The van der Waals surface area contributed by atoms with Crippen LogP contribution in [-0.2, 0) is 6.54 Å². The summed E-state index contributed by atoms with van der Waals surface area (Å²) in [6.45, 7) is 5.10. The third-order valence-corrected chi connectivity index (χ3v) is 6.02. The molecule has 4 aromatic rings. The summed E-state index contributed by atoms with van der Waals surface area (Å²) in [4.78, 5) is 12.4. The number of benzene rings is 1. The number of rotatable bonds is 6. The van der Waals surface area contributed by atoms with Crippen LogP contribution in [0.2, 0.25) is 0 Å². The van der Waals surface area contributed by atoms with Gasteiger partial charge in [0.05, 0.1) is 5.56 Å². The lowest BCUT2D eigenvalue weighted by Gasteiger charge is -2.38. The fraction of sp³-hybridized carbons (Fsp3) is 0.227. The minimum atomic E-state index is 0.239. The summed E-state index contributed by atoms with van der Waals surface area (Å²) < 4.78 is 11.4. The average molecular weight is 404 g/mol. The lowest BCUT2D eigenvalue weighted by atomic mass is 10.1. The standard InChI is InChI=1S/C22H20N4O2S/c1-15-8-10-29-20(15)14-26-12-19(13-26)27-18-6-4-16(5-7-18)21-24-22(28-25-21)17-3-2-9-23-11-17/h2-11,19H,12-14H2,1H3. The van der Waals surface area contributed by atoms with Gasteiger partial charge in [-0.2, -0.15) is 4.98 Å². The fourth-order valence-corrected chi connectivity index (χ4v) is 4.27. The van der Waals surface area contributed by atoms with E-state index >= 15 is 0 Å². The van der Waals surface area contributed by atoms with E-state index in [1.165, 1.54) is 10.4 Å². The maximum atomic E-state index is 6.08. The smallest absolute Gasteiger partial charge is 0.259 e. The molecule has 0 saturated carbocycles. The summed E-state index contributed by atoms with van der Waals surface area (Å²) >= 11 is 1.83. The molecule has 5 rings (SSSR count). The Morgan fingerprint density at radius 2 is 2.00 bits per heavy atom. The molecule has 0 spiro atoms. The molecule has 6 nitrogen and oxygen atoms in total. The highest BCUT2D eigenvalue weighted by Crippen LogP contribution is 2.26. The van der Waals surface area contributed by atoms with E-state index in [1.807, 2.05) is 47.7 Å². The van der Waals surface area contributed by atoms with Gasteiger partial charge >= 0.3 is 0 Å². The van der Waals surface area contributed by atoms with Crippen molar-refractivity contribution in [3.63, 3.8) is 0 Å². The van der Waals surface area contributed by atoms with E-state index in [0.29, 0.717) is 11.7 Å². The first-order valence-electron chi connectivity index (χ1n) is 9.51. The topological polar surface area (TPSA) is 64.3 Å². The van der Waals surface area contributed by atoms with Crippen LogP contribution in [0.3, 0.4) is 0 Å². The molecule has 0 bridgehead atoms. The number of pyridine rings is 1. The van der Waals surface area contributed by atoms with Crippen LogP contribution in [0.4, 0.5) is 0 Å². The minimum Gasteiger partial charge on any atom is -0.488 e. The Morgan fingerprint density at radius 1 is 1.14 bits per heavy atom. The number of hydrogen-bond acceptors (Lipinski definition) is 7. The van der Waals surface area contributed by atoms with Gasteiger partial charge in [0.1, 0.15) is 11.9 Å². The van der Waals surface area contributed by atoms with E-state index in [9.17, 15) is 0 Å². The highest BCUT2D eigenvalue weighted by Gasteiger charge is 2.28. The molecule has 3 aromatic heterocycles. The van der Waals surface area contributed by atoms with Gasteiger partial charge < -0.3 is 9.26 Å². The monoisotopic (exact) mass is 404 g/mol. The minimum absolute atomic E-state index is 0.239. The zero-order valence-electron chi connectivity index (χ0n) is 16.0. The van der Waals surface area contributed by atoms with Gasteiger partial charge in [0.25, 0.3) is 5.89 Å². The number of hydrogen-bond donors (Lipinski definition) is 0. The third kappa shape index (κ3) is 3.92. The molecular weight excluding hydrogens is 384 g/mol. The molecule has 1 aliphatic rings. The number of thiophene rings is 1. The van der Waals surface area contributed by atoms with Crippen LogP contribution < -0.4 is 4.74 Å². The van der Waals surface area contributed by atoms with Crippen LogP contribution in [0.25, 0.3) is 22.8 Å². The van der Waals surface area contributed by atoms with Crippen LogP contribution in [0.1, 0.15) is 10.4 Å². The SMILES string of the molecule is Cc1ccsc1CN1CC(Oc2ccc(-c3noc(-c4cccnc4)n3)cc2)C1. The van der Waals surface area contributed by atoms with Crippen LogP contribution in [0.5, 0.6) is 5.75 Å². The van der Waals surface area contributed by atoms with Gasteiger partial charge in [-0.3, -0.25) is 9.88 Å². The number of likely N-dealkylation sites (tertiary alicyclic amines) is 1. The zero-order chi connectivity index (χ0) is 19.6. The second-order valence-electron chi connectivity index (χ2n) is 7.15. The van der Waals surface area contributed by atoms with E-state index in [4.69, 9.17) is 9.26 Å². The van der Waals surface area contributed by atoms with Gasteiger partial charge in [0.15, 0.2) is 0 Å². The molecular formula is C22H20N4O2S. The Bertz CT molecular complexity index is 1090. The first-order chi connectivity index (χ1) is 14.2. The van der Waals surface area contributed by atoms with Crippen LogP contribution in [0, 0.1) is 6.92 Å². The van der Waals surface area contributed by atoms with E-state index in [2.05, 4.69) is 38.4 Å². The summed E-state index contributed by atoms with van der Waals surface area (Å²) in [5.74, 6) is 1.88. The van der Waals surface area contributed by atoms with Crippen LogP contribution in [-0.4, -0.2) is 39.2 Å². The number of aryl methyl sites for hydroxylation is 1. The lowest BCUT2D eigenvalue weighted by Crippen LogP contribution is -2.53. The molecule has 1 fully saturated rings. The summed E-state index contributed by atoms with van der Waals surface area (Å²) in [5.41, 5.74) is 3.07. The van der Waals surface area contributed by atoms with Gasteiger partial charge in [0.2, 0.25) is 5.82 Å². The van der Waals surface area contributed by atoms with Crippen molar-refractivity contribution in [1.82, 2.24) is 20.0 Å². The second-order valence-corrected chi connectivity index (χ2v) is 8.15. The molecule has 146 valence electrons. The number of aromatic nitrogens is 3. The van der Waals surface area contributed by atoms with Gasteiger partial charge in [-0.15, -0.1) is 11.3 Å². The first kappa shape index (κ1) is 18.0. The zero-order valence-corrected chi connectivity index (χ0v) is 16.8. The van der Waals surface area contributed by atoms with E-state index < -0.39 is 0 Å². The van der Waals surface area contributed by atoms with Gasteiger partial charge in [-0.1, -0.05) is 5.16 Å². The maximum Gasteiger partial charge on any atom is 0.259 e. The lowest BCUT2D eigenvalue weighted by molar-refractivity contribution is 0.0151. The van der Waals surface area contributed by atoms with Crippen LogP contribution in [0.15, 0.2) is 64.8 Å². The summed E-state index contributed by atoms with van der Waals surface area (Å²) in [6, 6.07) is 13.7. The average Bonchev–Trinajstić information content (AvgIpc) is 3.37. The molecule has 1 aliphatic heterocycles. The quantitative estimate of drug-likeness (QED) is 0.474. The Labute approximate surface area is 172 Å². The molecule has 1 saturated heterocycles. The van der Waals surface area contributed by atoms with Crippen LogP contribution >= 0.6 is 11.3 Å². The third-order valence-electron chi connectivity index (χ3n) is 5.01. The number of ether oxygens (including phenoxy) is 1. The molecule has 0 unspecified atom stereocenters. The van der Waals surface area contributed by atoms with E-state index in [1.54, 1.807) is 12.4 Å². The Kier molecular flexibility index (Phi) is 4.83. The molecule has 1 aromatic carbocycles. The molecule has 0 radical (unpaired) electrons. The fourth-order valence-electron chi connectivity index (χ4n) is 3.32. The van der Waals surface area contributed by atoms with Crippen molar-refractivity contribution in [1.29, 1.82) is 0 Å². The highest BCUT2D eigenvalue weighted by molar-refractivity contribution is 7.10. The van der Waals surface area contributed by atoms with Crippen molar-refractivity contribution in [3.8, 4) is 28.6 Å². The van der Waals surface area contributed by atoms with Gasteiger partial charge in [-0.05, 0) is 60.3 Å². The summed E-state index contributed by atoms with van der Waals surface area (Å²) in [6.07, 6.45) is 3.66. The maximum absolute atomic E-state index is 6.08. The van der Waals surface area contributed by atoms with E-state index in [0.717, 1.165) is 36.5 Å². The van der Waals surface area contributed by atoms with Crippen molar-refractivity contribution in [2.24, 2.45) is 0 Å². The Balaban J connectivity index is 1.17. The summed E-state index contributed by atoms with van der Waals surface area (Å²) in [5, 5.41) is 6.23. The highest BCUT2D eigenvalue weighted by atomic mass is 32.1. The van der Waals surface area contributed by atoms with Crippen molar-refractivity contribution >= 4 is 11.3 Å².